The highest BCUT2D eigenvalue weighted by molar-refractivity contribution is 8.27. The smallest absolute Gasteiger partial charge is 0.341 e. The molecule has 2 fully saturated rings. The van der Waals surface area contributed by atoms with Gasteiger partial charge in [0.25, 0.3) is 11.8 Å². The van der Waals surface area contributed by atoms with Crippen LogP contribution in [0.25, 0.3) is 23.7 Å². The number of esters is 2. The Hall–Kier alpha value is -3.20. The summed E-state index contributed by atoms with van der Waals surface area (Å²) < 4.78 is 22.2. The Morgan fingerprint density at radius 1 is 0.806 bits per heavy atom. The number of nitrogens with zero attached hydrogens (tertiary/aromatic N) is 2. The van der Waals surface area contributed by atoms with Gasteiger partial charge in [0.15, 0.2) is 11.5 Å². The van der Waals surface area contributed by atoms with Crippen LogP contribution in [0.4, 0.5) is 0 Å². The van der Waals surface area contributed by atoms with Gasteiger partial charge in [0, 0.05) is 26.2 Å². The summed E-state index contributed by atoms with van der Waals surface area (Å²) in [5.74, 6) is -2.18. The quantitative estimate of drug-likeness (QED) is 0.299. The molecule has 0 atom stereocenters. The lowest BCUT2D eigenvalue weighted by Gasteiger charge is -2.03. The van der Waals surface area contributed by atoms with Gasteiger partial charge in [-0.2, -0.15) is 0 Å². The Labute approximate surface area is 223 Å². The summed E-state index contributed by atoms with van der Waals surface area (Å²) in [6.45, 7) is 0. The molecule has 36 heavy (non-hydrogen) atoms. The van der Waals surface area contributed by atoms with Gasteiger partial charge < -0.3 is 18.3 Å². The number of thiocarbonyl (C=S) groups is 2. The average Bonchev–Trinajstić information content (AvgIpc) is 3.59. The fraction of sp³-hybridized carbons (Fsp3) is 0.182. The molecule has 2 saturated heterocycles. The molecule has 0 aromatic carbocycles. The Balaban J connectivity index is 1.84. The normalized spacial score (nSPS) is 18.2. The van der Waals surface area contributed by atoms with Crippen molar-refractivity contribution in [3.05, 3.63) is 44.6 Å². The third-order valence-corrected chi connectivity index (χ3v) is 8.01. The highest BCUT2D eigenvalue weighted by atomic mass is 32.2. The Bertz CT molecular complexity index is 1310. The molecule has 0 unspecified atom stereocenters. The second-order valence-electron chi connectivity index (χ2n) is 7.25. The number of furan rings is 2. The van der Waals surface area contributed by atoms with Crippen LogP contribution in [0, 0.1) is 0 Å². The van der Waals surface area contributed by atoms with Crippen LogP contribution in [-0.4, -0.2) is 70.5 Å². The van der Waals surface area contributed by atoms with Crippen molar-refractivity contribution in [1.82, 2.24) is 9.80 Å². The third kappa shape index (κ3) is 4.64. The Morgan fingerprint density at radius 3 is 1.44 bits per heavy atom. The lowest BCUT2D eigenvalue weighted by Crippen LogP contribution is -2.22. The molecular weight excluding hydrogens is 549 g/mol. The van der Waals surface area contributed by atoms with Gasteiger partial charge in [0.1, 0.15) is 31.3 Å². The molecule has 0 spiro atoms. The van der Waals surface area contributed by atoms with Crippen molar-refractivity contribution in [2.24, 2.45) is 0 Å². The molecule has 2 aromatic rings. The molecule has 0 saturated carbocycles. The van der Waals surface area contributed by atoms with E-state index in [1.807, 2.05) is 0 Å². The number of carbonyl (C=O) groups excluding carboxylic acids is 4. The van der Waals surface area contributed by atoms with Gasteiger partial charge in [-0.05, 0) is 12.1 Å². The number of amides is 2. The number of carbonyl (C=O) groups is 4. The molecule has 0 bridgehead atoms. The number of methoxy groups -OCH3 is 2. The maximum Gasteiger partial charge on any atom is 0.341 e. The fourth-order valence-electron chi connectivity index (χ4n) is 3.17. The van der Waals surface area contributed by atoms with Crippen molar-refractivity contribution in [2.45, 2.75) is 0 Å². The predicted octanol–water partition coefficient (Wildman–Crippen LogP) is 3.77. The van der Waals surface area contributed by atoms with Gasteiger partial charge in [-0.1, -0.05) is 48.0 Å². The standard InChI is InChI=1S/C22H16N2O8S4/c1-23-17(25)13(35-21(23)33)7-9-5-11(19(27)29-3)15(31-9)16-12(20(28)30-4)6-10(32-16)8-14-18(26)24(2)22(34)36-14/h5-8H,1-4H3/b13-7-,14-8-. The molecule has 2 amide bonds. The van der Waals surface area contributed by atoms with Crippen LogP contribution in [-0.2, 0) is 19.1 Å². The van der Waals surface area contributed by atoms with Crippen molar-refractivity contribution in [1.29, 1.82) is 0 Å². The number of thioether (sulfide) groups is 2. The van der Waals surface area contributed by atoms with E-state index in [9.17, 15) is 19.2 Å². The number of rotatable bonds is 5. The van der Waals surface area contributed by atoms with Crippen LogP contribution in [0.1, 0.15) is 32.2 Å². The van der Waals surface area contributed by atoms with Gasteiger partial charge in [0.05, 0.1) is 24.0 Å². The number of ether oxygens (including phenoxy) is 2. The Morgan fingerprint density at radius 2 is 1.17 bits per heavy atom. The van der Waals surface area contributed by atoms with E-state index in [1.165, 1.54) is 48.3 Å². The predicted molar refractivity (Wildman–Crippen MR) is 141 cm³/mol. The van der Waals surface area contributed by atoms with Crippen molar-refractivity contribution >= 4 is 92.5 Å². The van der Waals surface area contributed by atoms with Crippen molar-refractivity contribution in [2.75, 3.05) is 28.3 Å². The van der Waals surface area contributed by atoms with E-state index in [0.29, 0.717) is 8.64 Å². The third-order valence-electron chi connectivity index (χ3n) is 5.04. The lowest BCUT2D eigenvalue weighted by atomic mass is 10.1. The van der Waals surface area contributed by atoms with Gasteiger partial charge in [-0.3, -0.25) is 19.4 Å². The van der Waals surface area contributed by atoms with E-state index in [1.54, 1.807) is 14.1 Å². The minimum atomic E-state index is -0.767. The monoisotopic (exact) mass is 564 g/mol. The van der Waals surface area contributed by atoms with E-state index >= 15 is 0 Å². The summed E-state index contributed by atoms with van der Waals surface area (Å²) in [5.41, 5.74) is -0.108. The maximum absolute atomic E-state index is 12.5. The first-order valence-electron chi connectivity index (χ1n) is 9.93. The average molecular weight is 565 g/mol. The van der Waals surface area contributed by atoms with Crippen LogP contribution in [0.15, 0.2) is 30.8 Å². The van der Waals surface area contributed by atoms with E-state index in [2.05, 4.69) is 0 Å². The van der Waals surface area contributed by atoms with Gasteiger partial charge in [-0.25, -0.2) is 9.59 Å². The molecule has 0 N–H and O–H groups in total. The molecule has 10 nitrogen and oxygen atoms in total. The second kappa shape index (κ2) is 10.0. The van der Waals surface area contributed by atoms with Gasteiger partial charge in [0.2, 0.25) is 0 Å². The van der Waals surface area contributed by atoms with Gasteiger partial charge in [-0.15, -0.1) is 0 Å². The zero-order chi connectivity index (χ0) is 26.3. The van der Waals surface area contributed by atoms with Crippen molar-refractivity contribution < 1.29 is 37.5 Å². The second-order valence-corrected chi connectivity index (χ2v) is 10.6. The lowest BCUT2D eigenvalue weighted by molar-refractivity contribution is -0.122. The summed E-state index contributed by atoms with van der Waals surface area (Å²) >= 11 is 12.4. The summed E-state index contributed by atoms with van der Waals surface area (Å²) in [4.78, 5) is 53.0. The first kappa shape index (κ1) is 25.9. The summed E-state index contributed by atoms with van der Waals surface area (Å²) in [6, 6.07) is 2.71. The molecule has 0 aliphatic carbocycles. The first-order valence-corrected chi connectivity index (χ1v) is 12.4. The van der Waals surface area contributed by atoms with E-state index in [-0.39, 0.29) is 55.8 Å². The summed E-state index contributed by atoms with van der Waals surface area (Å²) in [7, 11) is 5.46. The minimum Gasteiger partial charge on any atom is -0.465 e. The van der Waals surface area contributed by atoms with Crippen LogP contribution in [0.2, 0.25) is 0 Å². The van der Waals surface area contributed by atoms with Crippen LogP contribution < -0.4 is 0 Å². The largest absolute Gasteiger partial charge is 0.465 e. The molecule has 2 aromatic heterocycles. The van der Waals surface area contributed by atoms with Crippen LogP contribution >= 0.6 is 48.0 Å². The number of hydrogen-bond donors (Lipinski definition) is 0. The SMILES string of the molecule is COC(=O)c1cc(/C=C2\SC(=S)N(C)C2=O)oc1-c1oc(/C=C2\SC(=S)N(C)C2=O)cc1C(=O)OC. The van der Waals surface area contributed by atoms with Gasteiger partial charge >= 0.3 is 11.9 Å². The Kier molecular flexibility index (Phi) is 7.22. The van der Waals surface area contributed by atoms with Crippen molar-refractivity contribution in [3.8, 4) is 11.5 Å². The summed E-state index contributed by atoms with van der Waals surface area (Å²) in [5, 5.41) is 0. The van der Waals surface area contributed by atoms with E-state index in [4.69, 9.17) is 42.7 Å². The van der Waals surface area contributed by atoms with Crippen LogP contribution in [0.3, 0.4) is 0 Å². The molecule has 186 valence electrons. The molecule has 0 radical (unpaired) electrons. The number of likely N-dealkylation sites (N-methyl/N-ethyl adjacent to an activating group) is 2. The minimum absolute atomic E-state index is 0.0540. The molecule has 4 rings (SSSR count). The molecular formula is C22H16N2O8S4. The van der Waals surface area contributed by atoms with Crippen LogP contribution in [0.5, 0.6) is 0 Å². The topological polar surface area (TPSA) is 119 Å². The molecule has 14 heteroatoms. The molecule has 2 aliphatic rings. The maximum atomic E-state index is 12.5. The number of hydrogen-bond acceptors (Lipinski definition) is 12. The first-order chi connectivity index (χ1) is 17.0. The highest BCUT2D eigenvalue weighted by Crippen LogP contribution is 2.38. The van der Waals surface area contributed by atoms with Crippen molar-refractivity contribution in [3.63, 3.8) is 0 Å². The summed E-state index contributed by atoms with van der Waals surface area (Å²) in [6.07, 6.45) is 2.85. The van der Waals surface area contributed by atoms with E-state index in [0.717, 1.165) is 23.5 Å². The zero-order valence-corrected chi connectivity index (χ0v) is 22.4. The molecule has 4 heterocycles. The molecule has 2 aliphatic heterocycles. The van der Waals surface area contributed by atoms with E-state index < -0.39 is 11.9 Å². The fourth-order valence-corrected chi connectivity index (χ4v) is 5.49. The zero-order valence-electron chi connectivity index (χ0n) is 19.1. The highest BCUT2D eigenvalue weighted by Gasteiger charge is 2.33.